The Kier molecular flexibility index (Phi) is 5.49. The number of nitrogens with zero attached hydrogens (tertiary/aromatic N) is 2. The van der Waals surface area contributed by atoms with Crippen LogP contribution in [0.5, 0.6) is 0 Å². The molecule has 3 rings (SSSR count). The molecule has 0 saturated heterocycles. The molecule has 0 radical (unpaired) electrons. The van der Waals surface area contributed by atoms with Crippen molar-refractivity contribution in [1.29, 1.82) is 0 Å². The summed E-state index contributed by atoms with van der Waals surface area (Å²) in [5.41, 5.74) is 2.46. The number of hydrogen-bond donors (Lipinski definition) is 0. The Morgan fingerprint density at radius 1 is 0.947 bits per heavy atom. The van der Waals surface area contributed by atoms with Gasteiger partial charge in [0.1, 0.15) is 0 Å². The normalized spacial score (nSPS) is 9.63. The first-order valence-corrected chi connectivity index (χ1v) is 10.4. The third-order valence-corrected chi connectivity index (χ3v) is 2.38. The van der Waals surface area contributed by atoms with Gasteiger partial charge in [-0.25, -0.2) is 0 Å². The molecule has 0 aromatic carbocycles. The molecule has 0 atom stereocenters. The van der Waals surface area contributed by atoms with Crippen LogP contribution in [-0.4, -0.2) is 9.97 Å². The van der Waals surface area contributed by atoms with Gasteiger partial charge in [-0.15, -0.1) is 0 Å². The maximum atomic E-state index is 5.45. The molecule has 3 heterocycles. The number of hydrogen-bond acceptors (Lipinski definition) is 3. The minimum absolute atomic E-state index is 0.631. The van der Waals surface area contributed by atoms with Crippen molar-refractivity contribution in [3.63, 3.8) is 0 Å². The van der Waals surface area contributed by atoms with E-state index in [0.29, 0.717) is 5.76 Å². The molecule has 0 fully saturated rings. The number of halogens is 1. The molecule has 3 nitrogen and oxygen atoms in total. The maximum Gasteiger partial charge on any atom is 0.0568 e. The van der Waals surface area contributed by atoms with E-state index in [-0.39, 0.29) is 0 Å². The van der Waals surface area contributed by atoms with Gasteiger partial charge in [0.25, 0.3) is 0 Å². The molecule has 3 aromatic heterocycles. The number of aromatic nitrogens is 2. The van der Waals surface area contributed by atoms with Gasteiger partial charge in [0.15, 0.2) is 0 Å². The number of rotatable bonds is 2. The van der Waals surface area contributed by atoms with Crippen molar-refractivity contribution in [1.82, 2.24) is 9.97 Å². The Hall–Kier alpha value is -1.25. The SMILES string of the molecule is [Br][Pt+].[c-]1c(-c2ccccn2)coc1-c1ccccn1. The molecule has 98 valence electrons. The molecule has 0 unspecified atom stereocenters. The van der Waals surface area contributed by atoms with Crippen molar-refractivity contribution >= 4 is 13.3 Å². The smallest absolute Gasteiger partial charge is 0.0568 e. The van der Waals surface area contributed by atoms with Crippen LogP contribution in [0.1, 0.15) is 0 Å². The first-order valence-electron chi connectivity index (χ1n) is 5.39. The van der Waals surface area contributed by atoms with E-state index < -0.39 is 0 Å². The van der Waals surface area contributed by atoms with Crippen molar-refractivity contribution in [3.8, 4) is 22.7 Å². The summed E-state index contributed by atoms with van der Waals surface area (Å²) in [5.74, 6) is 0.631. The van der Waals surface area contributed by atoms with Crippen LogP contribution in [0, 0.1) is 6.07 Å². The second kappa shape index (κ2) is 7.37. The Morgan fingerprint density at radius 3 is 2.16 bits per heavy atom. The topological polar surface area (TPSA) is 38.9 Å². The van der Waals surface area contributed by atoms with Gasteiger partial charge in [0.05, 0.1) is 5.76 Å². The molecule has 0 aliphatic carbocycles. The van der Waals surface area contributed by atoms with E-state index in [0.717, 1.165) is 17.0 Å². The quantitative estimate of drug-likeness (QED) is 0.503. The van der Waals surface area contributed by atoms with Gasteiger partial charge in [-0.3, -0.25) is 0 Å². The van der Waals surface area contributed by atoms with Crippen LogP contribution in [-0.2, 0) is 17.8 Å². The van der Waals surface area contributed by atoms with E-state index in [1.807, 2.05) is 54.2 Å². The third-order valence-electron chi connectivity index (χ3n) is 2.38. The summed E-state index contributed by atoms with van der Waals surface area (Å²) in [6.07, 6.45) is 5.12. The van der Waals surface area contributed by atoms with Gasteiger partial charge in [0.2, 0.25) is 0 Å². The molecule has 0 N–H and O–H groups in total. The first kappa shape index (κ1) is 14.2. The number of furan rings is 1. The van der Waals surface area contributed by atoms with Gasteiger partial charge in [-0.1, -0.05) is 35.9 Å². The van der Waals surface area contributed by atoms with Crippen molar-refractivity contribution in [2.24, 2.45) is 0 Å². The van der Waals surface area contributed by atoms with Crippen molar-refractivity contribution < 1.29 is 22.2 Å². The zero-order valence-corrected chi connectivity index (χ0v) is 13.6. The van der Waals surface area contributed by atoms with Crippen LogP contribution in [0.4, 0.5) is 0 Å². The molecule has 0 saturated carbocycles. The van der Waals surface area contributed by atoms with Gasteiger partial charge < -0.3 is 14.4 Å². The monoisotopic (exact) mass is 495 g/mol. The minimum Gasteiger partial charge on any atom is -0.525 e. The van der Waals surface area contributed by atoms with Crippen molar-refractivity contribution in [3.05, 3.63) is 61.1 Å². The Morgan fingerprint density at radius 2 is 1.58 bits per heavy atom. The molecular weight excluding hydrogens is 487 g/mol. The molecular formula is C14H9BrN2OPt. The average molecular weight is 496 g/mol. The average Bonchev–Trinajstić information content (AvgIpc) is 3.01. The van der Waals surface area contributed by atoms with Gasteiger partial charge in [-0.2, -0.15) is 0 Å². The minimum atomic E-state index is 0.631. The van der Waals surface area contributed by atoms with Crippen LogP contribution in [0.15, 0.2) is 59.5 Å². The molecule has 19 heavy (non-hydrogen) atoms. The molecule has 0 spiro atoms. The van der Waals surface area contributed by atoms with Gasteiger partial charge >= 0.3 is 31.1 Å². The van der Waals surface area contributed by atoms with Gasteiger partial charge in [-0.05, 0) is 17.8 Å². The van der Waals surface area contributed by atoms with E-state index in [1.54, 1.807) is 18.7 Å². The molecule has 0 amide bonds. The van der Waals surface area contributed by atoms with Crippen LogP contribution in [0.2, 0.25) is 0 Å². The predicted octanol–water partition coefficient (Wildman–Crippen LogP) is 4.05. The predicted molar refractivity (Wildman–Crippen MR) is 72.9 cm³/mol. The fourth-order valence-electron chi connectivity index (χ4n) is 1.57. The largest absolute Gasteiger partial charge is 0.525 e. The summed E-state index contributed by atoms with van der Waals surface area (Å²) < 4.78 is 5.45. The Balaban J connectivity index is 0.000000637. The number of pyridine rings is 2. The second-order valence-corrected chi connectivity index (χ2v) is 3.53. The Bertz CT molecular complexity index is 560. The fraction of sp³-hybridized carbons (Fsp3) is 0. The zero-order chi connectivity index (χ0) is 13.5. The molecule has 3 aromatic rings. The van der Waals surface area contributed by atoms with Crippen LogP contribution < -0.4 is 0 Å². The van der Waals surface area contributed by atoms with E-state index in [2.05, 4.69) is 29.3 Å². The van der Waals surface area contributed by atoms with E-state index >= 15 is 0 Å². The molecule has 5 heteroatoms. The molecule has 0 aliphatic heterocycles. The standard InChI is InChI=1S/C14H9N2O.BrH.Pt/c1-3-7-15-12(5-1)11-9-14(17-10-11)13-6-2-4-8-16-13;;/h1-8,10H;1H;/q-1;;+2/p-1. The molecule has 0 bridgehead atoms. The Labute approximate surface area is 129 Å². The van der Waals surface area contributed by atoms with Gasteiger partial charge in [0, 0.05) is 24.4 Å². The summed E-state index contributed by atoms with van der Waals surface area (Å²) >= 11 is 4.86. The van der Waals surface area contributed by atoms with E-state index in [9.17, 15) is 0 Å². The van der Waals surface area contributed by atoms with E-state index in [1.165, 1.54) is 0 Å². The molecule has 0 aliphatic rings. The first-order chi connectivity index (χ1) is 9.43. The van der Waals surface area contributed by atoms with Crippen molar-refractivity contribution in [2.45, 2.75) is 0 Å². The second-order valence-electron chi connectivity index (χ2n) is 3.53. The summed E-state index contributed by atoms with van der Waals surface area (Å²) in [7, 11) is 0. The fourth-order valence-corrected chi connectivity index (χ4v) is 1.57. The maximum absolute atomic E-state index is 5.45. The van der Waals surface area contributed by atoms with E-state index in [4.69, 9.17) is 4.42 Å². The van der Waals surface area contributed by atoms with Crippen LogP contribution in [0.25, 0.3) is 22.7 Å². The van der Waals surface area contributed by atoms with Crippen LogP contribution in [0.3, 0.4) is 0 Å². The third kappa shape index (κ3) is 3.61. The summed E-state index contributed by atoms with van der Waals surface area (Å²) in [6, 6.07) is 14.6. The van der Waals surface area contributed by atoms with Crippen LogP contribution >= 0.6 is 13.3 Å². The van der Waals surface area contributed by atoms with Crippen molar-refractivity contribution in [2.75, 3.05) is 0 Å². The summed E-state index contributed by atoms with van der Waals surface area (Å²) in [6.45, 7) is 0. The summed E-state index contributed by atoms with van der Waals surface area (Å²) in [5, 5.41) is 0. The summed E-state index contributed by atoms with van der Waals surface area (Å²) in [4.78, 5) is 8.45. The zero-order valence-electron chi connectivity index (χ0n) is 9.69.